The number of rotatable bonds is 4. The predicted octanol–water partition coefficient (Wildman–Crippen LogP) is 1.49. The van der Waals surface area contributed by atoms with Crippen molar-refractivity contribution in [3.8, 4) is 0 Å². The van der Waals surface area contributed by atoms with Gasteiger partial charge in [0.05, 0.1) is 6.61 Å². The summed E-state index contributed by atoms with van der Waals surface area (Å²) in [6.07, 6.45) is 3.45. The van der Waals surface area contributed by atoms with E-state index in [1.165, 1.54) is 0 Å². The van der Waals surface area contributed by atoms with E-state index < -0.39 is 0 Å². The SMILES string of the molecule is CCOC(=O)N1CCN(C(=O)CCC2CCOCC2)CC1. The van der Waals surface area contributed by atoms with Crippen LogP contribution in [0.2, 0.25) is 0 Å². The van der Waals surface area contributed by atoms with Gasteiger partial charge in [-0.05, 0) is 32.1 Å². The minimum Gasteiger partial charge on any atom is -0.450 e. The molecule has 0 atom stereocenters. The van der Waals surface area contributed by atoms with Gasteiger partial charge < -0.3 is 19.3 Å². The summed E-state index contributed by atoms with van der Waals surface area (Å²) in [5, 5.41) is 0. The maximum Gasteiger partial charge on any atom is 0.409 e. The standard InChI is InChI=1S/C15H26N2O4/c1-2-21-15(19)17-9-7-16(8-10-17)14(18)4-3-13-5-11-20-12-6-13/h13H,2-12H2,1H3. The van der Waals surface area contributed by atoms with E-state index >= 15 is 0 Å². The van der Waals surface area contributed by atoms with Crippen molar-refractivity contribution in [3.63, 3.8) is 0 Å². The smallest absolute Gasteiger partial charge is 0.409 e. The van der Waals surface area contributed by atoms with Crippen LogP contribution in [-0.4, -0.2) is 67.8 Å². The molecule has 2 saturated heterocycles. The summed E-state index contributed by atoms with van der Waals surface area (Å²) in [5.74, 6) is 0.841. The first-order valence-electron chi connectivity index (χ1n) is 7.98. The molecule has 120 valence electrons. The number of hydrogen-bond donors (Lipinski definition) is 0. The minimum absolute atomic E-state index is 0.213. The Hall–Kier alpha value is -1.30. The molecule has 2 rings (SSSR count). The first-order chi connectivity index (χ1) is 10.2. The molecule has 0 spiro atoms. The van der Waals surface area contributed by atoms with E-state index in [1.807, 2.05) is 4.90 Å². The van der Waals surface area contributed by atoms with Gasteiger partial charge in [0.15, 0.2) is 0 Å². The van der Waals surface area contributed by atoms with E-state index in [9.17, 15) is 9.59 Å². The van der Waals surface area contributed by atoms with Crippen LogP contribution in [0.4, 0.5) is 4.79 Å². The van der Waals surface area contributed by atoms with Gasteiger partial charge in [-0.3, -0.25) is 4.79 Å². The van der Waals surface area contributed by atoms with E-state index in [-0.39, 0.29) is 12.0 Å². The molecule has 21 heavy (non-hydrogen) atoms. The Balaban J connectivity index is 1.66. The molecule has 0 N–H and O–H groups in total. The van der Waals surface area contributed by atoms with Crippen LogP contribution in [0.15, 0.2) is 0 Å². The molecule has 6 nitrogen and oxygen atoms in total. The maximum absolute atomic E-state index is 12.2. The molecule has 0 aliphatic carbocycles. The molecule has 2 fully saturated rings. The van der Waals surface area contributed by atoms with Crippen LogP contribution in [0.25, 0.3) is 0 Å². The highest BCUT2D eigenvalue weighted by Crippen LogP contribution is 2.20. The highest BCUT2D eigenvalue weighted by molar-refractivity contribution is 5.76. The van der Waals surface area contributed by atoms with Gasteiger partial charge in [0, 0.05) is 45.8 Å². The highest BCUT2D eigenvalue weighted by atomic mass is 16.6. The van der Waals surface area contributed by atoms with Crippen molar-refractivity contribution in [2.45, 2.75) is 32.6 Å². The molecule has 0 aromatic heterocycles. The number of carbonyl (C=O) groups excluding carboxylic acids is 2. The van der Waals surface area contributed by atoms with Gasteiger partial charge in [0.1, 0.15) is 0 Å². The van der Waals surface area contributed by atoms with Crippen LogP contribution < -0.4 is 0 Å². The number of nitrogens with zero attached hydrogens (tertiary/aromatic N) is 2. The molecular weight excluding hydrogens is 272 g/mol. The summed E-state index contributed by atoms with van der Waals surface area (Å²) in [6.45, 7) is 6.23. The second-order valence-corrected chi connectivity index (χ2v) is 5.66. The first-order valence-corrected chi connectivity index (χ1v) is 7.98. The Morgan fingerprint density at radius 3 is 2.33 bits per heavy atom. The number of amides is 2. The fourth-order valence-corrected chi connectivity index (χ4v) is 2.87. The first kappa shape index (κ1) is 16.1. The van der Waals surface area contributed by atoms with Crippen molar-refractivity contribution >= 4 is 12.0 Å². The van der Waals surface area contributed by atoms with Gasteiger partial charge in [-0.2, -0.15) is 0 Å². The molecule has 6 heteroatoms. The lowest BCUT2D eigenvalue weighted by Crippen LogP contribution is -2.50. The molecule has 2 aliphatic heterocycles. The Morgan fingerprint density at radius 1 is 1.10 bits per heavy atom. The van der Waals surface area contributed by atoms with E-state index in [2.05, 4.69) is 0 Å². The van der Waals surface area contributed by atoms with Crippen LogP contribution in [0.5, 0.6) is 0 Å². The third-order valence-corrected chi connectivity index (χ3v) is 4.27. The zero-order chi connectivity index (χ0) is 15.1. The van der Waals surface area contributed by atoms with Gasteiger partial charge in [-0.25, -0.2) is 4.79 Å². The average Bonchev–Trinajstić information content (AvgIpc) is 2.54. The van der Waals surface area contributed by atoms with Crippen molar-refractivity contribution < 1.29 is 19.1 Å². The average molecular weight is 298 g/mol. The summed E-state index contributed by atoms with van der Waals surface area (Å²) in [4.78, 5) is 27.3. The monoisotopic (exact) mass is 298 g/mol. The molecular formula is C15H26N2O4. The third kappa shape index (κ3) is 4.88. The quantitative estimate of drug-likeness (QED) is 0.789. The molecule has 2 heterocycles. The predicted molar refractivity (Wildman–Crippen MR) is 78.0 cm³/mol. The van der Waals surface area contributed by atoms with Gasteiger partial charge in [0.25, 0.3) is 0 Å². The van der Waals surface area contributed by atoms with Crippen LogP contribution in [0, 0.1) is 5.92 Å². The van der Waals surface area contributed by atoms with Gasteiger partial charge in [-0.1, -0.05) is 0 Å². The number of carbonyl (C=O) groups is 2. The summed E-state index contributed by atoms with van der Waals surface area (Å²) in [6, 6.07) is 0. The van der Waals surface area contributed by atoms with E-state index in [1.54, 1.807) is 11.8 Å². The van der Waals surface area contributed by atoms with Crippen molar-refractivity contribution in [3.05, 3.63) is 0 Å². The van der Waals surface area contributed by atoms with Crippen molar-refractivity contribution in [1.82, 2.24) is 9.80 Å². The van der Waals surface area contributed by atoms with Crippen LogP contribution in [-0.2, 0) is 14.3 Å². The zero-order valence-corrected chi connectivity index (χ0v) is 12.9. The molecule has 0 aromatic rings. The van der Waals surface area contributed by atoms with Crippen molar-refractivity contribution in [2.75, 3.05) is 46.0 Å². The lowest BCUT2D eigenvalue weighted by molar-refractivity contribution is -0.133. The highest BCUT2D eigenvalue weighted by Gasteiger charge is 2.25. The summed E-state index contributed by atoms with van der Waals surface area (Å²) in [7, 11) is 0. The van der Waals surface area contributed by atoms with Crippen molar-refractivity contribution in [1.29, 1.82) is 0 Å². The maximum atomic E-state index is 12.2. The summed E-state index contributed by atoms with van der Waals surface area (Å²) < 4.78 is 10.3. The molecule has 0 aromatic carbocycles. The lowest BCUT2D eigenvalue weighted by atomic mass is 9.94. The third-order valence-electron chi connectivity index (χ3n) is 4.27. The van der Waals surface area contributed by atoms with Crippen LogP contribution >= 0.6 is 0 Å². The number of piperazine rings is 1. The van der Waals surface area contributed by atoms with Gasteiger partial charge in [0.2, 0.25) is 5.91 Å². The molecule has 0 bridgehead atoms. The largest absolute Gasteiger partial charge is 0.450 e. The summed E-state index contributed by atoms with van der Waals surface area (Å²) >= 11 is 0. The Morgan fingerprint density at radius 2 is 1.71 bits per heavy atom. The van der Waals surface area contributed by atoms with E-state index in [0.717, 1.165) is 32.5 Å². The van der Waals surface area contributed by atoms with Crippen LogP contribution in [0.3, 0.4) is 0 Å². The molecule has 0 unspecified atom stereocenters. The normalized spacial score (nSPS) is 20.4. The molecule has 2 amide bonds. The van der Waals surface area contributed by atoms with Crippen molar-refractivity contribution in [2.24, 2.45) is 5.92 Å². The zero-order valence-electron chi connectivity index (χ0n) is 12.9. The molecule has 0 saturated carbocycles. The Kier molecular flexibility index (Phi) is 6.29. The Bertz CT molecular complexity index is 348. The van der Waals surface area contributed by atoms with Gasteiger partial charge in [-0.15, -0.1) is 0 Å². The second kappa shape index (κ2) is 8.22. The molecule has 2 aliphatic rings. The fourth-order valence-electron chi connectivity index (χ4n) is 2.87. The van der Waals surface area contributed by atoms with E-state index in [0.29, 0.717) is 45.1 Å². The molecule has 0 radical (unpaired) electrons. The second-order valence-electron chi connectivity index (χ2n) is 5.66. The number of hydrogen-bond acceptors (Lipinski definition) is 4. The van der Waals surface area contributed by atoms with E-state index in [4.69, 9.17) is 9.47 Å². The van der Waals surface area contributed by atoms with Gasteiger partial charge >= 0.3 is 6.09 Å². The fraction of sp³-hybridized carbons (Fsp3) is 0.867. The minimum atomic E-state index is -0.271. The number of ether oxygens (including phenoxy) is 2. The van der Waals surface area contributed by atoms with Crippen LogP contribution in [0.1, 0.15) is 32.6 Å². The lowest BCUT2D eigenvalue weighted by Gasteiger charge is -2.34. The Labute approximate surface area is 126 Å². The summed E-state index contributed by atoms with van der Waals surface area (Å²) in [5.41, 5.74) is 0. The topological polar surface area (TPSA) is 59.1 Å².